The highest BCUT2D eigenvalue weighted by Crippen LogP contribution is 2.26. The van der Waals surface area contributed by atoms with E-state index in [-0.39, 0.29) is 12.1 Å². The van der Waals surface area contributed by atoms with Crippen LogP contribution in [0.2, 0.25) is 0 Å². The zero-order valence-electron chi connectivity index (χ0n) is 9.85. The zero-order chi connectivity index (χ0) is 11.0. The fourth-order valence-corrected chi connectivity index (χ4v) is 3.07. The van der Waals surface area contributed by atoms with Crippen LogP contribution < -0.4 is 0 Å². The summed E-state index contributed by atoms with van der Waals surface area (Å²) in [5.74, 6) is 0. The van der Waals surface area contributed by atoms with Crippen LogP contribution >= 0.6 is 0 Å². The molecular weight excluding hydrogens is 204 g/mol. The van der Waals surface area contributed by atoms with Gasteiger partial charge in [0.1, 0.15) is 0 Å². The summed E-state index contributed by atoms with van der Waals surface area (Å²) in [4.78, 5) is 5.04. The summed E-state index contributed by atoms with van der Waals surface area (Å²) in [5, 5.41) is 9.79. The summed E-state index contributed by atoms with van der Waals surface area (Å²) < 4.78 is 5.32. The van der Waals surface area contributed by atoms with Crippen molar-refractivity contribution >= 4 is 0 Å². The molecule has 0 spiro atoms. The molecule has 2 saturated heterocycles. The Morgan fingerprint density at radius 3 is 2.12 bits per heavy atom. The first kappa shape index (κ1) is 11.0. The van der Waals surface area contributed by atoms with E-state index >= 15 is 0 Å². The molecule has 0 aromatic heterocycles. The van der Waals surface area contributed by atoms with Crippen LogP contribution in [0.3, 0.4) is 0 Å². The van der Waals surface area contributed by atoms with Crippen molar-refractivity contribution in [1.29, 1.82) is 0 Å². The molecule has 3 fully saturated rings. The quantitative estimate of drug-likeness (QED) is 0.714. The van der Waals surface area contributed by atoms with Crippen molar-refractivity contribution < 1.29 is 9.84 Å². The van der Waals surface area contributed by atoms with Gasteiger partial charge in [0.05, 0.1) is 25.4 Å². The van der Waals surface area contributed by atoms with Crippen molar-refractivity contribution in [3.63, 3.8) is 0 Å². The highest BCUT2D eigenvalue weighted by molar-refractivity contribution is 4.89. The lowest BCUT2D eigenvalue weighted by Gasteiger charge is -2.44. The van der Waals surface area contributed by atoms with Crippen molar-refractivity contribution in [3.05, 3.63) is 0 Å². The summed E-state index contributed by atoms with van der Waals surface area (Å²) in [6.07, 6.45) is 3.94. The molecule has 0 bridgehead atoms. The number of aliphatic hydroxyl groups is 1. The standard InChI is InChI=1S/C12H22N2O2/c15-12-9-16-8-11(12)14-6-4-13(5-7-14)10-2-1-3-10/h10-12,15H,1-9H2/t11-,12-/m1/s1. The van der Waals surface area contributed by atoms with E-state index in [1.165, 1.54) is 32.4 Å². The Kier molecular flexibility index (Phi) is 3.16. The smallest absolute Gasteiger partial charge is 0.0950 e. The fraction of sp³-hybridized carbons (Fsp3) is 1.00. The van der Waals surface area contributed by atoms with Crippen LogP contribution in [0.15, 0.2) is 0 Å². The third-order valence-corrected chi connectivity index (χ3v) is 4.43. The third-order valence-electron chi connectivity index (χ3n) is 4.43. The number of nitrogens with zero attached hydrogens (tertiary/aromatic N) is 2. The number of hydrogen-bond acceptors (Lipinski definition) is 4. The van der Waals surface area contributed by atoms with Crippen LogP contribution in [-0.4, -0.2) is 72.5 Å². The van der Waals surface area contributed by atoms with Gasteiger partial charge < -0.3 is 9.84 Å². The van der Waals surface area contributed by atoms with E-state index in [0.717, 1.165) is 19.1 Å². The van der Waals surface area contributed by atoms with Crippen molar-refractivity contribution in [2.45, 2.75) is 37.5 Å². The summed E-state index contributed by atoms with van der Waals surface area (Å²) in [6.45, 7) is 5.78. The van der Waals surface area contributed by atoms with Gasteiger partial charge in [-0.25, -0.2) is 0 Å². The minimum atomic E-state index is -0.268. The van der Waals surface area contributed by atoms with Gasteiger partial charge in [0.25, 0.3) is 0 Å². The molecule has 0 unspecified atom stereocenters. The zero-order valence-corrected chi connectivity index (χ0v) is 9.85. The van der Waals surface area contributed by atoms with Gasteiger partial charge in [0.15, 0.2) is 0 Å². The third kappa shape index (κ3) is 1.99. The molecule has 3 rings (SSSR count). The SMILES string of the molecule is O[C@@H]1COC[C@H]1N1CCN(C2CCC2)CC1. The minimum absolute atomic E-state index is 0.253. The monoisotopic (exact) mass is 226 g/mol. The Morgan fingerprint density at radius 2 is 1.62 bits per heavy atom. The number of rotatable bonds is 2. The maximum absolute atomic E-state index is 9.79. The van der Waals surface area contributed by atoms with Crippen LogP contribution in [0.5, 0.6) is 0 Å². The van der Waals surface area contributed by atoms with E-state index in [1.807, 2.05) is 0 Å². The van der Waals surface area contributed by atoms with E-state index in [4.69, 9.17) is 4.74 Å². The van der Waals surface area contributed by atoms with Crippen LogP contribution in [0, 0.1) is 0 Å². The van der Waals surface area contributed by atoms with E-state index in [9.17, 15) is 5.11 Å². The minimum Gasteiger partial charge on any atom is -0.389 e. The van der Waals surface area contributed by atoms with Crippen LogP contribution in [-0.2, 0) is 4.74 Å². The Labute approximate surface area is 97.2 Å². The summed E-state index contributed by atoms with van der Waals surface area (Å²) in [6, 6.07) is 1.12. The average Bonchev–Trinajstić information content (AvgIpc) is 2.63. The largest absolute Gasteiger partial charge is 0.389 e. The predicted octanol–water partition coefficient (Wildman–Crippen LogP) is -0.0838. The molecule has 0 aromatic carbocycles. The second kappa shape index (κ2) is 4.61. The Bertz CT molecular complexity index is 237. The molecule has 0 aromatic rings. The molecule has 2 atom stereocenters. The molecule has 0 amide bonds. The highest BCUT2D eigenvalue weighted by Gasteiger charge is 2.35. The molecule has 0 radical (unpaired) electrons. The Morgan fingerprint density at radius 1 is 0.938 bits per heavy atom. The molecular formula is C12H22N2O2. The van der Waals surface area contributed by atoms with Gasteiger partial charge in [-0.15, -0.1) is 0 Å². The molecule has 1 aliphatic carbocycles. The summed E-state index contributed by atoms with van der Waals surface area (Å²) in [7, 11) is 0. The van der Waals surface area contributed by atoms with E-state index in [2.05, 4.69) is 9.80 Å². The second-order valence-corrected chi connectivity index (χ2v) is 5.33. The summed E-state index contributed by atoms with van der Waals surface area (Å²) >= 11 is 0. The van der Waals surface area contributed by atoms with E-state index < -0.39 is 0 Å². The topological polar surface area (TPSA) is 35.9 Å². The lowest BCUT2D eigenvalue weighted by Crippen LogP contribution is -2.56. The maximum atomic E-state index is 9.79. The normalized spacial score (nSPS) is 38.8. The lowest BCUT2D eigenvalue weighted by molar-refractivity contribution is 0.0163. The van der Waals surface area contributed by atoms with Gasteiger partial charge >= 0.3 is 0 Å². The maximum Gasteiger partial charge on any atom is 0.0950 e. The first-order valence-corrected chi connectivity index (χ1v) is 6.58. The van der Waals surface area contributed by atoms with Crippen LogP contribution in [0.4, 0.5) is 0 Å². The highest BCUT2D eigenvalue weighted by atomic mass is 16.5. The van der Waals surface area contributed by atoms with Crippen LogP contribution in [0.1, 0.15) is 19.3 Å². The number of aliphatic hydroxyl groups excluding tert-OH is 1. The molecule has 92 valence electrons. The first-order chi connectivity index (χ1) is 7.84. The summed E-state index contributed by atoms with van der Waals surface area (Å²) in [5.41, 5.74) is 0. The van der Waals surface area contributed by atoms with Gasteiger partial charge in [0.2, 0.25) is 0 Å². The second-order valence-electron chi connectivity index (χ2n) is 5.33. The van der Waals surface area contributed by atoms with Crippen molar-refractivity contribution in [2.24, 2.45) is 0 Å². The first-order valence-electron chi connectivity index (χ1n) is 6.58. The van der Waals surface area contributed by atoms with Gasteiger partial charge in [-0.3, -0.25) is 9.80 Å². The van der Waals surface area contributed by atoms with Gasteiger partial charge in [-0.2, -0.15) is 0 Å². The number of hydrogen-bond donors (Lipinski definition) is 1. The molecule has 2 heterocycles. The average molecular weight is 226 g/mol. The van der Waals surface area contributed by atoms with Crippen molar-refractivity contribution in [2.75, 3.05) is 39.4 Å². The van der Waals surface area contributed by atoms with Crippen LogP contribution in [0.25, 0.3) is 0 Å². The van der Waals surface area contributed by atoms with Crippen molar-refractivity contribution in [3.8, 4) is 0 Å². The van der Waals surface area contributed by atoms with E-state index in [0.29, 0.717) is 13.2 Å². The molecule has 1 N–H and O–H groups in total. The predicted molar refractivity (Wildman–Crippen MR) is 61.4 cm³/mol. The van der Waals surface area contributed by atoms with Gasteiger partial charge in [-0.1, -0.05) is 6.42 Å². The molecule has 4 heteroatoms. The Balaban J connectivity index is 1.49. The fourth-order valence-electron chi connectivity index (χ4n) is 3.07. The molecule has 3 aliphatic rings. The Hall–Kier alpha value is -0.160. The van der Waals surface area contributed by atoms with Gasteiger partial charge in [-0.05, 0) is 12.8 Å². The molecule has 1 saturated carbocycles. The molecule has 16 heavy (non-hydrogen) atoms. The number of ether oxygens (including phenoxy) is 1. The van der Waals surface area contributed by atoms with Crippen molar-refractivity contribution in [1.82, 2.24) is 9.80 Å². The molecule has 4 nitrogen and oxygen atoms in total. The number of piperazine rings is 1. The van der Waals surface area contributed by atoms with E-state index in [1.54, 1.807) is 0 Å². The molecule has 2 aliphatic heterocycles. The van der Waals surface area contributed by atoms with Gasteiger partial charge in [0, 0.05) is 32.2 Å². The lowest BCUT2D eigenvalue weighted by atomic mass is 9.91.